The minimum absolute atomic E-state index is 0.251. The van der Waals surface area contributed by atoms with Crippen LogP contribution in [0.2, 0.25) is 0 Å². The summed E-state index contributed by atoms with van der Waals surface area (Å²) in [5, 5.41) is 28.9. The number of carbonyl (C=O) groups is 2. The first-order chi connectivity index (χ1) is 35.1. The van der Waals surface area contributed by atoms with Gasteiger partial charge in [0.15, 0.2) is 11.3 Å². The predicted molar refractivity (Wildman–Crippen MR) is 277 cm³/mol. The maximum atomic E-state index is 14.7. The first-order valence-electron chi connectivity index (χ1n) is 23.9. The summed E-state index contributed by atoms with van der Waals surface area (Å²) in [6, 6.07) is 8.56. The van der Waals surface area contributed by atoms with Crippen LogP contribution >= 0.6 is 15.9 Å². The van der Waals surface area contributed by atoms with E-state index in [9.17, 15) is 18.4 Å². The van der Waals surface area contributed by atoms with Gasteiger partial charge in [0, 0.05) is 72.8 Å². The highest BCUT2D eigenvalue weighted by Gasteiger charge is 2.52. The minimum Gasteiger partial charge on any atom is -0.488 e. The molecular formula is C50H56BBrF2N14O6. The largest absolute Gasteiger partial charge is 0.498 e. The summed E-state index contributed by atoms with van der Waals surface area (Å²) >= 11 is 3.38. The Balaban J connectivity index is 0.000000145. The molecule has 0 aliphatic carbocycles. The fraction of sp³-hybridized carbons (Fsp3) is 0.360. The Labute approximate surface area is 433 Å². The quantitative estimate of drug-likeness (QED) is 0.129. The van der Waals surface area contributed by atoms with Crippen LogP contribution < -0.4 is 36.2 Å². The molecule has 4 bridgehead atoms. The zero-order valence-electron chi connectivity index (χ0n) is 42.4. The molecule has 3 aliphatic rings. The second-order valence-electron chi connectivity index (χ2n) is 19.4. The molecule has 11 rings (SSSR count). The van der Waals surface area contributed by atoms with Crippen molar-refractivity contribution in [3.63, 3.8) is 0 Å². The molecule has 3 aliphatic heterocycles. The predicted octanol–water partition coefficient (Wildman–Crippen LogP) is 6.99. The summed E-state index contributed by atoms with van der Waals surface area (Å²) in [6.45, 7) is 16.2. The molecule has 2 amide bonds. The molecule has 20 nitrogen and oxygen atoms in total. The molecule has 8 aromatic rings. The molecule has 24 heteroatoms. The van der Waals surface area contributed by atoms with E-state index >= 15 is 0 Å². The summed E-state index contributed by atoms with van der Waals surface area (Å²) in [5.74, 6) is 0.811. The molecule has 0 saturated carbocycles. The molecule has 0 spiro atoms. The summed E-state index contributed by atoms with van der Waals surface area (Å²) in [5.41, 5.74) is 4.63. The van der Waals surface area contributed by atoms with Gasteiger partial charge in [0.25, 0.3) is 11.8 Å². The Morgan fingerprint density at radius 1 is 0.649 bits per heavy atom. The number of aromatic nitrogens is 10. The zero-order chi connectivity index (χ0) is 52.8. The van der Waals surface area contributed by atoms with Crippen molar-refractivity contribution in [1.29, 1.82) is 0 Å². The van der Waals surface area contributed by atoms with E-state index in [1.54, 1.807) is 64.0 Å². The van der Waals surface area contributed by atoms with Crippen molar-refractivity contribution < 1.29 is 37.2 Å². The standard InChI is InChI=1S/C22H22FN7O2.C18H17BrFN5O2.C10H17BN2O2/c1-12-8-24-22(31)18-10-26-30-5-4-19(28-21(18)30)27-13(2)16-6-15(23)7-17(20(16)32-12)14-9-25-29(3)11-14;1-9-7-21-18(26)13-8-22-25-4-3-15(24-17(13)25)23-10(2)12-5-11(20)6-14(19)16(12)27-9;1-9(2)10(3,4)15-11(14-9)8-6-12-13(5)7-8/h4-7,9-13H,8H2,1-3H3,(H,24,31)(H,27,28);3-6,8-10H,7H2,1-2H3,(H,21,26)(H,23,24);6-7H,1-5H3/t12-,13+;9-,10+;/m00./s1. The first kappa shape index (κ1) is 51.5. The van der Waals surface area contributed by atoms with Crippen LogP contribution in [0.4, 0.5) is 20.4 Å². The van der Waals surface area contributed by atoms with Gasteiger partial charge >= 0.3 is 7.12 Å². The third-order valence-electron chi connectivity index (χ3n) is 13.0. The Hall–Kier alpha value is -7.44. The van der Waals surface area contributed by atoms with Gasteiger partial charge in [-0.15, -0.1) is 0 Å². The first-order valence-corrected chi connectivity index (χ1v) is 24.7. The van der Waals surface area contributed by atoms with Crippen molar-refractivity contribution in [2.24, 2.45) is 14.1 Å². The van der Waals surface area contributed by atoms with Crippen molar-refractivity contribution in [1.82, 2.24) is 59.4 Å². The van der Waals surface area contributed by atoms with E-state index in [2.05, 4.69) is 67.6 Å². The lowest BCUT2D eigenvalue weighted by molar-refractivity contribution is 0.00578. The number of hydrogen-bond acceptors (Lipinski definition) is 14. The number of benzene rings is 2. The average molecular weight is 1080 g/mol. The molecule has 0 radical (unpaired) electrons. The van der Waals surface area contributed by atoms with Crippen LogP contribution in [0.5, 0.6) is 11.5 Å². The molecular weight excluding hydrogens is 1020 g/mol. The minimum atomic E-state index is -0.383. The molecule has 2 aromatic carbocycles. The van der Waals surface area contributed by atoms with E-state index in [1.165, 1.54) is 41.2 Å². The fourth-order valence-corrected chi connectivity index (χ4v) is 8.92. The number of fused-ring (bicyclic) bond motifs is 4. The number of amides is 2. The van der Waals surface area contributed by atoms with Gasteiger partial charge in [-0.1, -0.05) is 0 Å². The van der Waals surface area contributed by atoms with Crippen LogP contribution in [-0.2, 0) is 23.4 Å². The molecule has 4 N–H and O–H groups in total. The van der Waals surface area contributed by atoms with Gasteiger partial charge in [-0.05, 0) is 108 Å². The van der Waals surface area contributed by atoms with Gasteiger partial charge < -0.3 is 40.0 Å². The van der Waals surface area contributed by atoms with E-state index < -0.39 is 0 Å². The smallest absolute Gasteiger partial charge is 0.488 e. The monoisotopic (exact) mass is 1080 g/mol. The lowest BCUT2D eigenvalue weighted by Gasteiger charge is -2.32. The van der Waals surface area contributed by atoms with Crippen molar-refractivity contribution >= 4 is 63.3 Å². The third kappa shape index (κ3) is 10.8. The molecule has 4 atom stereocenters. The summed E-state index contributed by atoms with van der Waals surface area (Å²) in [7, 11) is 3.38. The van der Waals surface area contributed by atoms with Gasteiger partial charge in [-0.25, -0.2) is 27.8 Å². The van der Waals surface area contributed by atoms with Gasteiger partial charge in [0.05, 0.1) is 59.4 Å². The Morgan fingerprint density at radius 3 is 1.64 bits per heavy atom. The van der Waals surface area contributed by atoms with E-state index in [1.807, 2.05) is 68.6 Å². The lowest BCUT2D eigenvalue weighted by Crippen LogP contribution is -2.41. The number of ether oxygens (including phenoxy) is 2. The molecule has 74 heavy (non-hydrogen) atoms. The number of nitrogens with zero attached hydrogens (tertiary/aromatic N) is 10. The van der Waals surface area contributed by atoms with Crippen molar-refractivity contribution in [2.75, 3.05) is 23.7 Å². The molecule has 6 aromatic heterocycles. The van der Waals surface area contributed by atoms with Crippen molar-refractivity contribution in [3.8, 4) is 22.6 Å². The summed E-state index contributed by atoms with van der Waals surface area (Å²) < 4.78 is 59.8. The lowest BCUT2D eigenvalue weighted by atomic mass is 9.82. The van der Waals surface area contributed by atoms with E-state index in [4.69, 9.17) is 18.8 Å². The molecule has 9 heterocycles. The van der Waals surface area contributed by atoms with Crippen LogP contribution in [0.15, 0.2) is 90.4 Å². The van der Waals surface area contributed by atoms with E-state index in [0.717, 1.165) is 11.0 Å². The fourth-order valence-electron chi connectivity index (χ4n) is 8.38. The third-order valence-corrected chi connectivity index (χ3v) is 13.6. The summed E-state index contributed by atoms with van der Waals surface area (Å²) in [4.78, 5) is 34.3. The molecule has 1 saturated heterocycles. The van der Waals surface area contributed by atoms with Crippen molar-refractivity contribution in [2.45, 2.75) is 90.9 Å². The normalized spacial score (nSPS) is 20.1. The number of halogens is 3. The van der Waals surface area contributed by atoms with E-state index in [-0.39, 0.29) is 79.2 Å². The topological polar surface area (TPSA) is 215 Å². The van der Waals surface area contributed by atoms with Crippen LogP contribution in [-0.4, -0.2) is 104 Å². The van der Waals surface area contributed by atoms with Crippen LogP contribution in [0.25, 0.3) is 22.4 Å². The Kier molecular flexibility index (Phi) is 14.2. The van der Waals surface area contributed by atoms with Gasteiger partial charge in [0.1, 0.15) is 58.1 Å². The van der Waals surface area contributed by atoms with Gasteiger partial charge in [-0.2, -0.15) is 20.4 Å². The van der Waals surface area contributed by atoms with Gasteiger partial charge in [-0.3, -0.25) is 19.0 Å². The number of aryl methyl sites for hydroxylation is 2. The second kappa shape index (κ2) is 20.5. The molecule has 386 valence electrons. The number of hydrogen-bond donors (Lipinski definition) is 4. The van der Waals surface area contributed by atoms with Crippen molar-refractivity contribution in [3.05, 3.63) is 124 Å². The van der Waals surface area contributed by atoms with Gasteiger partial charge in [0.2, 0.25) is 0 Å². The maximum absolute atomic E-state index is 14.7. The Morgan fingerprint density at radius 2 is 1.14 bits per heavy atom. The van der Waals surface area contributed by atoms with Crippen LogP contribution in [0, 0.1) is 11.6 Å². The highest BCUT2D eigenvalue weighted by molar-refractivity contribution is 9.10. The zero-order valence-corrected chi connectivity index (χ0v) is 44.0. The number of carbonyl (C=O) groups excluding carboxylic acids is 2. The number of anilines is 2. The SMILES string of the molecule is C[C@H]1CNC(=O)c2cnn3ccc(nc23)N[C@H](C)c2cc(F)cc(-c3cnn(C)c3)c2O1.C[C@H]1CNC(=O)c2cnn3ccc(nc23)N[C@H](C)c2cc(F)cc(Br)c2O1.Cn1cc(B2OC(C)(C)C(C)(C)O2)cn1. The summed E-state index contributed by atoms with van der Waals surface area (Å²) in [6.07, 6.45) is 12.9. The average Bonchev–Trinajstić information content (AvgIpc) is 4.19. The van der Waals surface area contributed by atoms with Crippen LogP contribution in [0.1, 0.15) is 99.3 Å². The molecule has 1 fully saturated rings. The number of rotatable bonds is 2. The second-order valence-corrected chi connectivity index (χ2v) is 20.3. The van der Waals surface area contributed by atoms with E-state index in [0.29, 0.717) is 66.7 Å². The van der Waals surface area contributed by atoms with Crippen LogP contribution in [0.3, 0.4) is 0 Å². The Bertz CT molecular complexity index is 3380. The highest BCUT2D eigenvalue weighted by Crippen LogP contribution is 2.40. The number of nitrogens with one attached hydrogen (secondary N) is 4. The highest BCUT2D eigenvalue weighted by atomic mass is 79.9. The maximum Gasteiger partial charge on any atom is 0.498 e. The molecule has 0 unspecified atom stereocenters.